The van der Waals surface area contributed by atoms with Gasteiger partial charge in [-0.05, 0) is 29.8 Å². The van der Waals surface area contributed by atoms with E-state index < -0.39 is 0 Å². The highest BCUT2D eigenvalue weighted by molar-refractivity contribution is 5.90. The summed E-state index contributed by atoms with van der Waals surface area (Å²) in [5.74, 6) is 1.74. The van der Waals surface area contributed by atoms with E-state index in [0.29, 0.717) is 18.9 Å². The molecule has 2 aromatic heterocycles. The fraction of sp³-hybridized carbons (Fsp3) is 0.300. The van der Waals surface area contributed by atoms with Crippen molar-refractivity contribution in [3.8, 4) is 22.9 Å². The zero-order chi connectivity index (χ0) is 19.6. The van der Waals surface area contributed by atoms with Gasteiger partial charge < -0.3 is 18.9 Å². The van der Waals surface area contributed by atoms with Gasteiger partial charge in [0.25, 0.3) is 0 Å². The quantitative estimate of drug-likeness (QED) is 0.663. The Bertz CT molecular complexity index is 1010. The molecule has 0 spiro atoms. The maximum Gasteiger partial charge on any atom is 0.316 e. The minimum absolute atomic E-state index is 0.0148. The largest absolute Gasteiger partial charge is 0.454 e. The molecule has 29 heavy (non-hydrogen) atoms. The fourth-order valence-electron chi connectivity index (χ4n) is 3.47. The van der Waals surface area contributed by atoms with Crippen molar-refractivity contribution in [2.45, 2.75) is 6.54 Å². The summed E-state index contributed by atoms with van der Waals surface area (Å²) in [4.78, 5) is 25.0. The first kappa shape index (κ1) is 17.6. The Balaban J connectivity index is 1.18. The molecule has 1 fully saturated rings. The number of ether oxygens (including phenoxy) is 2. The van der Waals surface area contributed by atoms with Gasteiger partial charge >= 0.3 is 11.8 Å². The molecular weight excluding hydrogens is 374 g/mol. The van der Waals surface area contributed by atoms with Gasteiger partial charge in [0.2, 0.25) is 12.6 Å². The Labute approximate surface area is 166 Å². The lowest BCUT2D eigenvalue weighted by atomic mass is 10.1. The first-order chi connectivity index (χ1) is 14.3. The number of hydrogen-bond acceptors (Lipinski definition) is 8. The van der Waals surface area contributed by atoms with Crippen molar-refractivity contribution in [2.24, 2.45) is 0 Å². The highest BCUT2D eigenvalue weighted by Crippen LogP contribution is 2.32. The third kappa shape index (κ3) is 3.64. The molecule has 0 unspecified atom stereocenters. The average Bonchev–Trinajstić information content (AvgIpc) is 3.44. The summed E-state index contributed by atoms with van der Waals surface area (Å²) >= 11 is 0. The molecular formula is C20H19N5O4. The zero-order valence-electron chi connectivity index (χ0n) is 15.7. The topological polar surface area (TPSA) is 93.8 Å². The summed E-state index contributed by atoms with van der Waals surface area (Å²) < 4.78 is 16.0. The van der Waals surface area contributed by atoms with Gasteiger partial charge in [0.15, 0.2) is 11.5 Å². The first-order valence-electron chi connectivity index (χ1n) is 9.40. The van der Waals surface area contributed by atoms with Crippen molar-refractivity contribution in [1.29, 1.82) is 0 Å². The van der Waals surface area contributed by atoms with Gasteiger partial charge in [-0.25, -0.2) is 0 Å². The van der Waals surface area contributed by atoms with Crippen LogP contribution in [-0.2, 0) is 6.54 Å². The Morgan fingerprint density at radius 2 is 1.79 bits per heavy atom. The number of piperazine rings is 1. The van der Waals surface area contributed by atoms with E-state index in [2.05, 4.69) is 20.0 Å². The molecule has 4 heterocycles. The van der Waals surface area contributed by atoms with Crippen LogP contribution >= 0.6 is 0 Å². The van der Waals surface area contributed by atoms with E-state index >= 15 is 0 Å². The molecule has 0 bridgehead atoms. The Morgan fingerprint density at radius 1 is 1.00 bits per heavy atom. The number of aromatic nitrogens is 3. The molecule has 0 atom stereocenters. The standard InChI is InChI=1S/C20H19N5O4/c26-20(19-22-18(23-29-19)15-3-5-21-6-4-15)25-9-7-24(8-10-25)12-14-1-2-16-17(11-14)28-13-27-16/h1-6,11H,7-10,12-13H2. The minimum atomic E-state index is -0.236. The van der Waals surface area contributed by atoms with Crippen LogP contribution in [0.25, 0.3) is 11.4 Å². The number of benzene rings is 1. The molecule has 1 aromatic carbocycles. The zero-order valence-corrected chi connectivity index (χ0v) is 15.7. The lowest BCUT2D eigenvalue weighted by molar-refractivity contribution is 0.0581. The maximum absolute atomic E-state index is 12.7. The Kier molecular flexibility index (Phi) is 4.57. The normalized spacial score (nSPS) is 16.2. The fourth-order valence-corrected chi connectivity index (χ4v) is 3.47. The lowest BCUT2D eigenvalue weighted by Gasteiger charge is -2.34. The number of rotatable bonds is 4. The van der Waals surface area contributed by atoms with E-state index in [0.717, 1.165) is 42.3 Å². The van der Waals surface area contributed by atoms with Crippen molar-refractivity contribution in [2.75, 3.05) is 33.0 Å². The van der Waals surface area contributed by atoms with E-state index in [4.69, 9.17) is 14.0 Å². The van der Waals surface area contributed by atoms with Crippen LogP contribution in [0.4, 0.5) is 0 Å². The first-order valence-corrected chi connectivity index (χ1v) is 9.40. The maximum atomic E-state index is 12.7. The van der Waals surface area contributed by atoms with Crippen LogP contribution in [0.5, 0.6) is 11.5 Å². The van der Waals surface area contributed by atoms with Gasteiger partial charge in [-0.3, -0.25) is 14.7 Å². The van der Waals surface area contributed by atoms with Crippen LogP contribution < -0.4 is 9.47 Å². The van der Waals surface area contributed by atoms with Crippen molar-refractivity contribution in [3.05, 3.63) is 54.2 Å². The van der Waals surface area contributed by atoms with E-state index in [1.165, 1.54) is 0 Å². The predicted molar refractivity (Wildman–Crippen MR) is 101 cm³/mol. The molecule has 0 N–H and O–H groups in total. The van der Waals surface area contributed by atoms with Gasteiger partial charge in [-0.15, -0.1) is 0 Å². The molecule has 1 amide bonds. The van der Waals surface area contributed by atoms with E-state index in [9.17, 15) is 4.79 Å². The predicted octanol–water partition coefficient (Wildman–Crippen LogP) is 1.82. The minimum Gasteiger partial charge on any atom is -0.454 e. The summed E-state index contributed by atoms with van der Waals surface area (Å²) in [7, 11) is 0. The summed E-state index contributed by atoms with van der Waals surface area (Å²) in [6.07, 6.45) is 3.29. The Hall–Kier alpha value is -3.46. The van der Waals surface area contributed by atoms with Crippen LogP contribution in [0.2, 0.25) is 0 Å². The Morgan fingerprint density at radius 3 is 2.62 bits per heavy atom. The summed E-state index contributed by atoms with van der Waals surface area (Å²) in [6, 6.07) is 9.54. The molecule has 0 radical (unpaired) electrons. The molecule has 9 heteroatoms. The van der Waals surface area contributed by atoms with Gasteiger partial charge in [-0.2, -0.15) is 4.98 Å². The van der Waals surface area contributed by atoms with Crippen LogP contribution in [0, 0.1) is 0 Å². The summed E-state index contributed by atoms with van der Waals surface area (Å²) in [6.45, 7) is 3.83. The number of fused-ring (bicyclic) bond motifs is 1. The second-order valence-corrected chi connectivity index (χ2v) is 6.91. The van der Waals surface area contributed by atoms with Crippen molar-refractivity contribution < 1.29 is 18.8 Å². The van der Waals surface area contributed by atoms with Gasteiger partial charge in [0.1, 0.15) is 0 Å². The lowest BCUT2D eigenvalue weighted by Crippen LogP contribution is -2.48. The highest BCUT2D eigenvalue weighted by Gasteiger charge is 2.26. The molecule has 3 aromatic rings. The number of hydrogen-bond donors (Lipinski definition) is 0. The van der Waals surface area contributed by atoms with Crippen molar-refractivity contribution in [3.63, 3.8) is 0 Å². The van der Waals surface area contributed by atoms with Crippen LogP contribution in [0.15, 0.2) is 47.2 Å². The third-order valence-electron chi connectivity index (χ3n) is 5.05. The number of carbonyl (C=O) groups is 1. The summed E-state index contributed by atoms with van der Waals surface area (Å²) in [5, 5.41) is 3.91. The molecule has 1 saturated heterocycles. The van der Waals surface area contributed by atoms with Crippen molar-refractivity contribution in [1.82, 2.24) is 24.9 Å². The molecule has 2 aliphatic rings. The smallest absolute Gasteiger partial charge is 0.316 e. The average molecular weight is 393 g/mol. The second-order valence-electron chi connectivity index (χ2n) is 6.91. The number of amides is 1. The van der Waals surface area contributed by atoms with Crippen LogP contribution in [0.3, 0.4) is 0 Å². The van der Waals surface area contributed by atoms with Crippen molar-refractivity contribution >= 4 is 5.91 Å². The molecule has 0 aliphatic carbocycles. The highest BCUT2D eigenvalue weighted by atomic mass is 16.7. The van der Waals surface area contributed by atoms with Crippen LogP contribution in [0.1, 0.15) is 16.2 Å². The van der Waals surface area contributed by atoms with Gasteiger partial charge in [-0.1, -0.05) is 11.2 Å². The molecule has 0 saturated carbocycles. The second kappa shape index (κ2) is 7.51. The molecule has 5 rings (SSSR count). The third-order valence-corrected chi connectivity index (χ3v) is 5.05. The number of pyridine rings is 1. The van der Waals surface area contributed by atoms with E-state index in [-0.39, 0.29) is 18.6 Å². The molecule has 9 nitrogen and oxygen atoms in total. The molecule has 2 aliphatic heterocycles. The molecule has 148 valence electrons. The van der Waals surface area contributed by atoms with Gasteiger partial charge in [0, 0.05) is 50.7 Å². The number of carbonyl (C=O) groups excluding carboxylic acids is 1. The van der Waals surface area contributed by atoms with E-state index in [1.54, 1.807) is 29.4 Å². The van der Waals surface area contributed by atoms with E-state index in [1.807, 2.05) is 18.2 Å². The SMILES string of the molecule is O=C(c1nc(-c2ccncc2)no1)N1CCN(Cc2ccc3c(c2)OCO3)CC1. The van der Waals surface area contributed by atoms with Gasteiger partial charge in [0.05, 0.1) is 0 Å². The number of nitrogens with zero attached hydrogens (tertiary/aromatic N) is 5. The monoisotopic (exact) mass is 393 g/mol. The van der Waals surface area contributed by atoms with Crippen LogP contribution in [-0.4, -0.2) is 63.8 Å². The summed E-state index contributed by atoms with van der Waals surface area (Å²) in [5.41, 5.74) is 1.92.